The predicted molar refractivity (Wildman–Crippen MR) is 117 cm³/mol. The molecule has 0 spiro atoms. The third-order valence-electron chi connectivity index (χ3n) is 5.60. The van der Waals surface area contributed by atoms with E-state index in [0.29, 0.717) is 29.0 Å². The molecule has 4 heterocycles. The number of pyridine rings is 2. The van der Waals surface area contributed by atoms with Gasteiger partial charge in [-0.1, -0.05) is 27.7 Å². The Hall–Kier alpha value is -3.06. The zero-order valence-electron chi connectivity index (χ0n) is 18.7. The number of benzene rings is 1. The van der Waals surface area contributed by atoms with Crippen molar-refractivity contribution in [3.63, 3.8) is 0 Å². The first-order valence-corrected chi connectivity index (χ1v) is 10.6. The van der Waals surface area contributed by atoms with Crippen LogP contribution in [0.5, 0.6) is 0 Å². The van der Waals surface area contributed by atoms with E-state index in [2.05, 4.69) is 4.98 Å². The zero-order valence-corrected chi connectivity index (χ0v) is 18.7. The maximum Gasteiger partial charge on any atom is 0.340 e. The monoisotopic (exact) mass is 426 g/mol. The van der Waals surface area contributed by atoms with Crippen molar-refractivity contribution < 1.29 is 19.0 Å². The van der Waals surface area contributed by atoms with Crippen LogP contribution in [0.1, 0.15) is 61.6 Å². The highest BCUT2D eigenvalue weighted by molar-refractivity contribution is 5.88. The van der Waals surface area contributed by atoms with Crippen LogP contribution in [-0.2, 0) is 22.7 Å². The van der Waals surface area contributed by atoms with E-state index < -0.39 is 12.1 Å². The van der Waals surface area contributed by atoms with Gasteiger partial charge in [-0.2, -0.15) is 0 Å². The van der Waals surface area contributed by atoms with E-state index in [0.717, 1.165) is 16.5 Å². The Morgan fingerprint density at radius 3 is 2.45 bits per heavy atom. The lowest BCUT2D eigenvalue weighted by atomic mass is 9.99. The van der Waals surface area contributed by atoms with Gasteiger partial charge in [0.05, 0.1) is 29.0 Å². The van der Waals surface area contributed by atoms with Gasteiger partial charge in [0.25, 0.3) is 5.56 Å². The fourth-order valence-corrected chi connectivity index (χ4v) is 3.90. The normalized spacial score (nSPS) is 15.6. The van der Waals surface area contributed by atoms with Crippen molar-refractivity contribution in [2.45, 2.75) is 60.8 Å². The van der Waals surface area contributed by atoms with Crippen LogP contribution in [0.2, 0.25) is 0 Å². The molecule has 3 aromatic rings. The molecule has 1 N–H and O–H groups in total. The van der Waals surface area contributed by atoms with Crippen LogP contribution in [0.4, 0.5) is 4.39 Å². The number of hydrogen-bond donors (Lipinski definition) is 1. The van der Waals surface area contributed by atoms with Gasteiger partial charge in [-0.15, -0.1) is 0 Å². The van der Waals surface area contributed by atoms with Crippen LogP contribution in [0.3, 0.4) is 0 Å². The molecule has 2 aliphatic heterocycles. The molecule has 7 heteroatoms. The van der Waals surface area contributed by atoms with Crippen molar-refractivity contribution in [2.24, 2.45) is 0 Å². The van der Waals surface area contributed by atoms with E-state index in [-0.39, 0.29) is 29.1 Å². The topological polar surface area (TPSA) is 81.4 Å². The summed E-state index contributed by atoms with van der Waals surface area (Å²) in [5.74, 6) is -1.10. The van der Waals surface area contributed by atoms with E-state index in [1.54, 1.807) is 17.6 Å². The first kappa shape index (κ1) is 22.6. The Kier molecular flexibility index (Phi) is 6.27. The molecule has 0 saturated heterocycles. The first-order valence-electron chi connectivity index (χ1n) is 10.6. The molecule has 0 aliphatic carbocycles. The van der Waals surface area contributed by atoms with E-state index in [9.17, 15) is 19.1 Å². The third-order valence-corrected chi connectivity index (χ3v) is 5.60. The number of carbonyl (C=O) groups is 1. The molecular formula is C24H27FN2O4. The lowest BCUT2D eigenvalue weighted by molar-refractivity contribution is -0.157. The highest BCUT2D eigenvalue weighted by atomic mass is 19.1. The molecule has 1 aromatic carbocycles. The predicted octanol–water partition coefficient (Wildman–Crippen LogP) is 4.32. The van der Waals surface area contributed by atoms with Crippen molar-refractivity contribution in [3.8, 4) is 11.4 Å². The molecule has 1 unspecified atom stereocenters. The van der Waals surface area contributed by atoms with Gasteiger partial charge in [-0.3, -0.25) is 4.79 Å². The average molecular weight is 426 g/mol. The number of aliphatic hydroxyl groups excluding tert-OH is 1. The first-order chi connectivity index (χ1) is 14.9. The van der Waals surface area contributed by atoms with E-state index >= 15 is 0 Å². The summed E-state index contributed by atoms with van der Waals surface area (Å²) in [5, 5.41) is 11.0. The number of rotatable bonds is 0. The van der Waals surface area contributed by atoms with E-state index in [1.165, 1.54) is 6.07 Å². The zero-order chi connectivity index (χ0) is 23.0. The van der Waals surface area contributed by atoms with Crippen molar-refractivity contribution in [1.29, 1.82) is 0 Å². The highest BCUT2D eigenvalue weighted by Gasteiger charge is 2.33. The summed E-state index contributed by atoms with van der Waals surface area (Å²) in [4.78, 5) is 29.1. The van der Waals surface area contributed by atoms with Crippen molar-refractivity contribution >= 4 is 16.9 Å². The second-order valence-corrected chi connectivity index (χ2v) is 7.04. The number of nitrogens with zero attached hydrogens (tertiary/aromatic N) is 2. The standard InChI is InChI=1S/C20H15FN2O4.2C2H6/c1-8-9(2)14(21)5-15-11(8)3-10-6-23-16(17(10)22-15)4-12-13(19(23)25)7-27-20(26)18(12)24;2*1-2/h3-5,18,24H,6-7H2,1-2H3;2*1-2H3. The summed E-state index contributed by atoms with van der Waals surface area (Å²) in [7, 11) is 0. The van der Waals surface area contributed by atoms with Crippen LogP contribution in [0, 0.1) is 19.7 Å². The average Bonchev–Trinajstić information content (AvgIpc) is 3.15. The van der Waals surface area contributed by atoms with Crippen LogP contribution in [0.15, 0.2) is 23.0 Å². The molecule has 1 atom stereocenters. The second-order valence-electron chi connectivity index (χ2n) is 7.04. The molecule has 0 radical (unpaired) electrons. The highest BCUT2D eigenvalue weighted by Crippen LogP contribution is 2.36. The van der Waals surface area contributed by atoms with Gasteiger partial charge in [0.1, 0.15) is 12.4 Å². The van der Waals surface area contributed by atoms with Gasteiger partial charge < -0.3 is 14.4 Å². The number of aliphatic hydroxyl groups is 1. The molecule has 2 aromatic heterocycles. The minimum Gasteiger partial charge on any atom is -0.458 e. The summed E-state index contributed by atoms with van der Waals surface area (Å²) in [5.41, 5.74) is 4.05. The number of carbonyl (C=O) groups excluding carboxylic acids is 1. The molecule has 6 nitrogen and oxygen atoms in total. The molecular weight excluding hydrogens is 399 g/mol. The fraction of sp³-hybridized carbons (Fsp3) is 0.375. The van der Waals surface area contributed by atoms with Crippen molar-refractivity contribution in [2.75, 3.05) is 0 Å². The molecule has 0 bridgehead atoms. The van der Waals surface area contributed by atoms with Gasteiger partial charge >= 0.3 is 5.97 Å². The van der Waals surface area contributed by atoms with Crippen molar-refractivity contribution in [1.82, 2.24) is 9.55 Å². The SMILES string of the molecule is CC.CC.Cc1c(F)cc2nc3c(cc2c1C)Cn1c-3cc2c(c1=O)COC(=O)C2O. The molecule has 0 saturated carbocycles. The summed E-state index contributed by atoms with van der Waals surface area (Å²) in [6.07, 6.45) is -1.49. The number of cyclic esters (lactones) is 1. The summed E-state index contributed by atoms with van der Waals surface area (Å²) in [6, 6.07) is 4.94. The Balaban J connectivity index is 0.000000645. The number of esters is 1. The Bertz CT molecular complexity index is 1250. The molecule has 0 fully saturated rings. The Labute approximate surface area is 180 Å². The minimum absolute atomic E-state index is 0.153. The number of fused-ring (bicyclic) bond motifs is 5. The van der Waals surface area contributed by atoms with Gasteiger partial charge in [-0.05, 0) is 37.1 Å². The van der Waals surface area contributed by atoms with Crippen LogP contribution >= 0.6 is 0 Å². The number of aryl methyl sites for hydroxylation is 1. The fourth-order valence-electron chi connectivity index (χ4n) is 3.90. The number of ether oxygens (including phenoxy) is 1. The molecule has 2 aliphatic rings. The molecule has 5 rings (SSSR count). The van der Waals surface area contributed by atoms with Gasteiger partial charge in [-0.25, -0.2) is 14.2 Å². The minimum atomic E-state index is -1.49. The largest absolute Gasteiger partial charge is 0.458 e. The smallest absolute Gasteiger partial charge is 0.340 e. The Morgan fingerprint density at radius 1 is 1.10 bits per heavy atom. The maximum absolute atomic E-state index is 14.2. The number of halogens is 1. The van der Waals surface area contributed by atoms with Crippen LogP contribution in [0.25, 0.3) is 22.3 Å². The number of aromatic nitrogens is 2. The lowest BCUT2D eigenvalue weighted by Crippen LogP contribution is -2.32. The maximum atomic E-state index is 14.2. The summed E-state index contributed by atoms with van der Waals surface area (Å²) in [6.45, 7) is 11.8. The van der Waals surface area contributed by atoms with Gasteiger partial charge in [0.2, 0.25) is 0 Å². The summed E-state index contributed by atoms with van der Waals surface area (Å²) >= 11 is 0. The third kappa shape index (κ3) is 3.43. The van der Waals surface area contributed by atoms with E-state index in [4.69, 9.17) is 4.74 Å². The quantitative estimate of drug-likeness (QED) is 0.424. The van der Waals surface area contributed by atoms with E-state index in [1.807, 2.05) is 40.7 Å². The van der Waals surface area contributed by atoms with Gasteiger partial charge in [0.15, 0.2) is 6.10 Å². The number of hydrogen-bond acceptors (Lipinski definition) is 5. The molecule has 164 valence electrons. The molecule has 0 amide bonds. The summed E-state index contributed by atoms with van der Waals surface area (Å²) < 4.78 is 20.6. The lowest BCUT2D eigenvalue weighted by Gasteiger charge is -2.21. The Morgan fingerprint density at radius 2 is 1.77 bits per heavy atom. The van der Waals surface area contributed by atoms with Gasteiger partial charge in [0, 0.05) is 22.6 Å². The molecule has 31 heavy (non-hydrogen) atoms. The van der Waals surface area contributed by atoms with Crippen molar-refractivity contribution in [3.05, 3.63) is 62.2 Å². The van der Waals surface area contributed by atoms with Crippen LogP contribution < -0.4 is 5.56 Å². The van der Waals surface area contributed by atoms with Crippen LogP contribution in [-0.4, -0.2) is 20.6 Å². The second kappa shape index (κ2) is 8.59.